The van der Waals surface area contributed by atoms with Crippen molar-refractivity contribution in [3.8, 4) is 0 Å². The molecule has 5 heteroatoms. The highest BCUT2D eigenvalue weighted by Gasteiger charge is 2.32. The van der Waals surface area contributed by atoms with Crippen molar-refractivity contribution in [2.45, 2.75) is 6.54 Å². The Balaban J connectivity index is 2.09. The zero-order valence-electron chi connectivity index (χ0n) is 7.69. The molecule has 1 saturated heterocycles. The van der Waals surface area contributed by atoms with E-state index in [1.54, 1.807) is 4.67 Å². The lowest BCUT2D eigenvalue weighted by atomic mass is 10.2. The Morgan fingerprint density at radius 2 is 2.14 bits per heavy atom. The van der Waals surface area contributed by atoms with E-state index in [0.717, 1.165) is 12.1 Å². The standard InChI is InChI=1S/C9H12ClN2OP/c10-14(13)11-6-7-12(14)8-9-4-2-1-3-5-9/h1-5H,6-8H2,(H,11,13). The molecule has 1 aromatic rings. The number of nitrogens with zero attached hydrogens (tertiary/aromatic N) is 1. The van der Waals surface area contributed by atoms with Gasteiger partial charge in [0, 0.05) is 19.6 Å². The molecule has 0 aliphatic carbocycles. The van der Waals surface area contributed by atoms with Gasteiger partial charge in [-0.15, -0.1) is 0 Å². The van der Waals surface area contributed by atoms with Gasteiger partial charge in [0.25, 0.3) is 0 Å². The fourth-order valence-corrected chi connectivity index (χ4v) is 3.43. The van der Waals surface area contributed by atoms with E-state index in [1.807, 2.05) is 30.3 Å². The minimum absolute atomic E-state index is 0.647. The van der Waals surface area contributed by atoms with Crippen molar-refractivity contribution in [1.29, 1.82) is 0 Å². The van der Waals surface area contributed by atoms with Crippen LogP contribution >= 0.6 is 18.0 Å². The molecule has 1 N–H and O–H groups in total. The summed E-state index contributed by atoms with van der Waals surface area (Å²) >= 11 is 5.85. The minimum atomic E-state index is -2.76. The number of rotatable bonds is 2. The van der Waals surface area contributed by atoms with Crippen molar-refractivity contribution in [1.82, 2.24) is 9.76 Å². The van der Waals surface area contributed by atoms with E-state index >= 15 is 0 Å². The van der Waals surface area contributed by atoms with E-state index in [9.17, 15) is 4.57 Å². The molecule has 0 aromatic heterocycles. The average Bonchev–Trinajstić information content (AvgIpc) is 2.48. The van der Waals surface area contributed by atoms with Crippen molar-refractivity contribution in [2.24, 2.45) is 0 Å². The molecule has 1 aliphatic rings. The average molecular weight is 231 g/mol. The number of hydrogen-bond acceptors (Lipinski definition) is 1. The molecule has 76 valence electrons. The first-order chi connectivity index (χ1) is 6.68. The van der Waals surface area contributed by atoms with Gasteiger partial charge in [0.1, 0.15) is 0 Å². The van der Waals surface area contributed by atoms with Gasteiger partial charge in [-0.2, -0.15) is 0 Å². The van der Waals surface area contributed by atoms with Crippen LogP contribution < -0.4 is 5.09 Å². The second kappa shape index (κ2) is 4.03. The van der Waals surface area contributed by atoms with E-state index < -0.39 is 6.80 Å². The first-order valence-electron chi connectivity index (χ1n) is 4.53. The van der Waals surface area contributed by atoms with Gasteiger partial charge < -0.3 is 0 Å². The van der Waals surface area contributed by atoms with Crippen LogP contribution in [0.1, 0.15) is 5.56 Å². The summed E-state index contributed by atoms with van der Waals surface area (Å²) in [6.07, 6.45) is 0. The lowest BCUT2D eigenvalue weighted by Gasteiger charge is -2.17. The molecule has 1 aromatic carbocycles. The van der Waals surface area contributed by atoms with Crippen molar-refractivity contribution in [3.05, 3.63) is 35.9 Å². The monoisotopic (exact) mass is 230 g/mol. The lowest BCUT2D eigenvalue weighted by Crippen LogP contribution is -2.14. The Kier molecular flexibility index (Phi) is 2.93. The van der Waals surface area contributed by atoms with E-state index in [1.165, 1.54) is 0 Å². The number of nitrogens with one attached hydrogen (secondary N) is 1. The molecule has 2 rings (SSSR count). The van der Waals surface area contributed by atoms with Crippen molar-refractivity contribution >= 4 is 18.0 Å². The maximum absolute atomic E-state index is 11.7. The largest absolute Gasteiger partial charge is 0.302 e. The van der Waals surface area contributed by atoms with Gasteiger partial charge in [0.2, 0.25) is 0 Å². The SMILES string of the molecule is O=P1(Cl)NCCN1Cc1ccccc1. The third kappa shape index (κ3) is 2.18. The third-order valence-electron chi connectivity index (χ3n) is 2.25. The van der Waals surface area contributed by atoms with Gasteiger partial charge in [-0.25, -0.2) is 9.76 Å². The van der Waals surface area contributed by atoms with Crippen LogP contribution in [0.2, 0.25) is 0 Å². The highest BCUT2D eigenvalue weighted by Crippen LogP contribution is 2.53. The molecule has 3 nitrogen and oxygen atoms in total. The molecule has 1 atom stereocenters. The predicted octanol–water partition coefficient (Wildman–Crippen LogP) is 2.44. The molecule has 14 heavy (non-hydrogen) atoms. The number of hydrogen-bond donors (Lipinski definition) is 1. The van der Waals surface area contributed by atoms with Crippen LogP contribution in [-0.4, -0.2) is 17.8 Å². The van der Waals surface area contributed by atoms with E-state index in [4.69, 9.17) is 11.2 Å². The van der Waals surface area contributed by atoms with Gasteiger partial charge in [-0.05, 0) is 16.8 Å². The summed E-state index contributed by atoms with van der Waals surface area (Å²) in [6.45, 7) is -0.668. The molecular weight excluding hydrogens is 219 g/mol. The summed E-state index contributed by atoms with van der Waals surface area (Å²) in [5.41, 5.74) is 1.14. The summed E-state index contributed by atoms with van der Waals surface area (Å²) in [7, 11) is 0. The Bertz CT molecular complexity index is 357. The van der Waals surface area contributed by atoms with Gasteiger partial charge >= 0.3 is 6.80 Å². The molecule has 1 fully saturated rings. The molecule has 0 bridgehead atoms. The molecule has 1 unspecified atom stereocenters. The fourth-order valence-electron chi connectivity index (χ4n) is 1.51. The molecule has 0 spiro atoms. The van der Waals surface area contributed by atoms with E-state index in [2.05, 4.69) is 5.09 Å². The minimum Gasteiger partial charge on any atom is -0.271 e. The molecular formula is C9H12ClN2OP. The topological polar surface area (TPSA) is 32.3 Å². The molecule has 1 aliphatic heterocycles. The third-order valence-corrected chi connectivity index (χ3v) is 4.93. The van der Waals surface area contributed by atoms with Crippen LogP contribution in [0.3, 0.4) is 0 Å². The fraction of sp³-hybridized carbons (Fsp3) is 0.333. The quantitative estimate of drug-likeness (QED) is 0.792. The summed E-state index contributed by atoms with van der Waals surface area (Å²) < 4.78 is 13.5. The van der Waals surface area contributed by atoms with Crippen LogP contribution in [0.5, 0.6) is 0 Å². The summed E-state index contributed by atoms with van der Waals surface area (Å²) in [6, 6.07) is 9.92. The zero-order valence-corrected chi connectivity index (χ0v) is 9.34. The number of benzene rings is 1. The molecule has 0 saturated carbocycles. The van der Waals surface area contributed by atoms with Crippen LogP contribution in [0.15, 0.2) is 30.3 Å². The lowest BCUT2D eigenvalue weighted by molar-refractivity contribution is 0.454. The zero-order chi connectivity index (χ0) is 10.0. The molecule has 0 amide bonds. The van der Waals surface area contributed by atoms with Crippen LogP contribution in [0, 0.1) is 0 Å². The van der Waals surface area contributed by atoms with Gasteiger partial charge in [-0.3, -0.25) is 4.57 Å². The van der Waals surface area contributed by atoms with Crippen molar-refractivity contribution < 1.29 is 4.57 Å². The van der Waals surface area contributed by atoms with Gasteiger partial charge in [0.05, 0.1) is 0 Å². The highest BCUT2D eigenvalue weighted by molar-refractivity contribution is 7.85. The predicted molar refractivity (Wildman–Crippen MR) is 58.3 cm³/mol. The highest BCUT2D eigenvalue weighted by atomic mass is 35.7. The summed E-state index contributed by atoms with van der Waals surface area (Å²) in [5.74, 6) is 0. The maximum atomic E-state index is 11.7. The molecule has 1 heterocycles. The normalized spacial score (nSPS) is 28.1. The summed E-state index contributed by atoms with van der Waals surface area (Å²) in [5, 5.41) is 2.81. The first-order valence-corrected chi connectivity index (χ1v) is 7.09. The van der Waals surface area contributed by atoms with Crippen LogP contribution in [0.25, 0.3) is 0 Å². The second-order valence-electron chi connectivity index (χ2n) is 3.28. The van der Waals surface area contributed by atoms with Gasteiger partial charge in [-0.1, -0.05) is 30.3 Å². The van der Waals surface area contributed by atoms with E-state index in [0.29, 0.717) is 13.1 Å². The smallest absolute Gasteiger partial charge is 0.271 e. The molecule has 0 radical (unpaired) electrons. The van der Waals surface area contributed by atoms with Gasteiger partial charge in [0.15, 0.2) is 0 Å². The van der Waals surface area contributed by atoms with Crippen molar-refractivity contribution in [2.75, 3.05) is 13.1 Å². The van der Waals surface area contributed by atoms with E-state index in [-0.39, 0.29) is 0 Å². The van der Waals surface area contributed by atoms with Crippen LogP contribution in [0.4, 0.5) is 0 Å². The Morgan fingerprint density at radius 1 is 1.43 bits per heavy atom. The number of halogens is 1. The Morgan fingerprint density at radius 3 is 2.71 bits per heavy atom. The maximum Gasteiger partial charge on any atom is 0.302 e. The van der Waals surface area contributed by atoms with Crippen LogP contribution in [-0.2, 0) is 11.1 Å². The second-order valence-corrected chi connectivity index (χ2v) is 6.54. The Labute approximate surface area is 88.3 Å². The van der Waals surface area contributed by atoms with Crippen molar-refractivity contribution in [3.63, 3.8) is 0 Å². The Hall–Kier alpha value is -0.340. The first kappa shape index (κ1) is 10.2. The summed E-state index contributed by atoms with van der Waals surface area (Å²) in [4.78, 5) is 0.